The molecule has 134 valence electrons. The molecule has 4 unspecified atom stereocenters. The van der Waals surface area contributed by atoms with Crippen LogP contribution in [0.15, 0.2) is 36.2 Å². The molecule has 1 fully saturated rings. The van der Waals surface area contributed by atoms with Crippen molar-refractivity contribution in [2.24, 2.45) is 5.92 Å². The Hall–Kier alpha value is -1.03. The van der Waals surface area contributed by atoms with E-state index in [1.807, 2.05) is 19.1 Å². The average Bonchev–Trinajstić information content (AvgIpc) is 2.96. The van der Waals surface area contributed by atoms with Gasteiger partial charge in [-0.3, -0.25) is 4.98 Å². The minimum absolute atomic E-state index is 0.130. The molecule has 4 rings (SSSR count). The molecule has 0 saturated heterocycles. The van der Waals surface area contributed by atoms with E-state index in [-0.39, 0.29) is 23.3 Å². The Morgan fingerprint density at radius 3 is 2.76 bits per heavy atom. The summed E-state index contributed by atoms with van der Waals surface area (Å²) in [6.45, 7) is 1.97. The summed E-state index contributed by atoms with van der Waals surface area (Å²) >= 11 is 14.0. The molecule has 0 bridgehead atoms. The first-order valence-electron chi connectivity index (χ1n) is 9.07. The SMILES string of the molecule is CC1OC(C2=CC=CC(Cl)(C3CCCCC3)C2Cl)c2c(O)cncc21. The third-order valence-corrected chi connectivity index (χ3v) is 7.27. The number of pyridine rings is 1. The zero-order valence-electron chi connectivity index (χ0n) is 14.3. The van der Waals surface area contributed by atoms with E-state index in [1.54, 1.807) is 6.20 Å². The summed E-state index contributed by atoms with van der Waals surface area (Å²) in [5, 5.41) is 9.99. The maximum atomic E-state index is 10.4. The minimum atomic E-state index is -0.593. The number of hydrogen-bond acceptors (Lipinski definition) is 3. The number of rotatable bonds is 2. The lowest BCUT2D eigenvalue weighted by Gasteiger charge is -2.42. The fourth-order valence-electron chi connectivity index (χ4n) is 4.51. The van der Waals surface area contributed by atoms with Gasteiger partial charge in [0, 0.05) is 17.3 Å². The van der Waals surface area contributed by atoms with Crippen molar-refractivity contribution in [3.05, 3.63) is 47.3 Å². The number of allylic oxidation sites excluding steroid dienone is 3. The van der Waals surface area contributed by atoms with Crippen molar-refractivity contribution in [1.29, 1.82) is 0 Å². The number of ether oxygens (including phenoxy) is 1. The van der Waals surface area contributed by atoms with E-state index in [0.717, 1.165) is 29.5 Å². The average molecular weight is 380 g/mol. The molecule has 0 amide bonds. The molecule has 1 N–H and O–H groups in total. The Bertz CT molecular complexity index is 726. The van der Waals surface area contributed by atoms with Crippen LogP contribution in [-0.4, -0.2) is 20.3 Å². The Morgan fingerprint density at radius 1 is 1.24 bits per heavy atom. The number of nitrogens with zero attached hydrogens (tertiary/aromatic N) is 1. The molecule has 1 saturated carbocycles. The number of halogens is 2. The highest BCUT2D eigenvalue weighted by molar-refractivity contribution is 6.35. The second-order valence-electron chi connectivity index (χ2n) is 7.37. The monoisotopic (exact) mass is 379 g/mol. The van der Waals surface area contributed by atoms with E-state index in [2.05, 4.69) is 11.1 Å². The van der Waals surface area contributed by atoms with E-state index < -0.39 is 4.87 Å². The van der Waals surface area contributed by atoms with Gasteiger partial charge in [-0.05, 0) is 31.3 Å². The Balaban J connectivity index is 1.68. The largest absolute Gasteiger partial charge is 0.506 e. The lowest BCUT2D eigenvalue weighted by atomic mass is 9.73. The van der Waals surface area contributed by atoms with Crippen LogP contribution in [0.3, 0.4) is 0 Å². The highest BCUT2D eigenvalue weighted by Crippen LogP contribution is 2.53. The number of fused-ring (bicyclic) bond motifs is 1. The highest BCUT2D eigenvalue weighted by atomic mass is 35.5. The lowest BCUT2D eigenvalue weighted by molar-refractivity contribution is 0.0396. The molecule has 3 aliphatic rings. The number of aromatic hydroxyl groups is 1. The number of hydrogen-bond donors (Lipinski definition) is 1. The lowest BCUT2D eigenvalue weighted by Crippen LogP contribution is -2.43. The Labute approximate surface area is 158 Å². The maximum absolute atomic E-state index is 10.4. The third-order valence-electron chi connectivity index (χ3n) is 5.89. The summed E-state index contributed by atoms with van der Waals surface area (Å²) in [5.74, 6) is 0.527. The highest BCUT2D eigenvalue weighted by Gasteiger charge is 2.48. The second kappa shape index (κ2) is 6.61. The molecule has 2 heterocycles. The van der Waals surface area contributed by atoms with Gasteiger partial charge in [-0.25, -0.2) is 0 Å². The predicted molar refractivity (Wildman–Crippen MR) is 100 cm³/mol. The van der Waals surface area contributed by atoms with Crippen LogP contribution in [0.5, 0.6) is 5.75 Å². The Kier molecular flexibility index (Phi) is 4.59. The maximum Gasteiger partial charge on any atom is 0.140 e. The molecule has 0 aromatic carbocycles. The van der Waals surface area contributed by atoms with E-state index in [1.165, 1.54) is 25.5 Å². The van der Waals surface area contributed by atoms with Crippen molar-refractivity contribution in [1.82, 2.24) is 4.98 Å². The molecule has 4 atom stereocenters. The van der Waals surface area contributed by atoms with Crippen molar-refractivity contribution in [2.45, 2.75) is 61.5 Å². The molecular weight excluding hydrogens is 357 g/mol. The van der Waals surface area contributed by atoms with E-state index >= 15 is 0 Å². The fraction of sp³-hybridized carbons (Fsp3) is 0.550. The normalized spacial score (nSPS) is 35.5. The van der Waals surface area contributed by atoms with Crippen LogP contribution in [0.1, 0.15) is 62.4 Å². The smallest absolute Gasteiger partial charge is 0.140 e. The molecule has 5 heteroatoms. The van der Waals surface area contributed by atoms with Crippen molar-refractivity contribution in [3.8, 4) is 5.75 Å². The van der Waals surface area contributed by atoms with Gasteiger partial charge in [0.1, 0.15) is 11.9 Å². The molecule has 1 aromatic heterocycles. The number of aromatic nitrogens is 1. The van der Waals surface area contributed by atoms with Crippen LogP contribution >= 0.6 is 23.2 Å². The molecule has 25 heavy (non-hydrogen) atoms. The summed E-state index contributed by atoms with van der Waals surface area (Å²) in [6, 6.07) is 0. The van der Waals surface area contributed by atoms with Gasteiger partial charge in [0.05, 0.1) is 22.6 Å². The van der Waals surface area contributed by atoms with Crippen LogP contribution in [-0.2, 0) is 4.74 Å². The molecule has 1 aliphatic heterocycles. The topological polar surface area (TPSA) is 42.4 Å². The molecule has 0 radical (unpaired) electrons. The van der Waals surface area contributed by atoms with E-state index in [9.17, 15) is 5.11 Å². The summed E-state index contributed by atoms with van der Waals surface area (Å²) < 4.78 is 6.16. The summed E-state index contributed by atoms with van der Waals surface area (Å²) in [5.41, 5.74) is 2.62. The summed E-state index contributed by atoms with van der Waals surface area (Å²) in [6.07, 6.45) is 14.7. The summed E-state index contributed by atoms with van der Waals surface area (Å²) in [4.78, 5) is 3.49. The number of alkyl halides is 2. The molecule has 0 spiro atoms. The van der Waals surface area contributed by atoms with E-state index in [0.29, 0.717) is 5.92 Å². The molecular formula is C20H23Cl2NO2. The van der Waals surface area contributed by atoms with Gasteiger partial charge < -0.3 is 9.84 Å². The first-order valence-corrected chi connectivity index (χ1v) is 9.88. The summed E-state index contributed by atoms with van der Waals surface area (Å²) in [7, 11) is 0. The van der Waals surface area contributed by atoms with Gasteiger partial charge >= 0.3 is 0 Å². The zero-order chi connectivity index (χ0) is 17.6. The van der Waals surface area contributed by atoms with Crippen molar-refractivity contribution >= 4 is 23.2 Å². The molecule has 2 aliphatic carbocycles. The Morgan fingerprint density at radius 2 is 2.00 bits per heavy atom. The quantitative estimate of drug-likeness (QED) is 0.681. The van der Waals surface area contributed by atoms with Crippen LogP contribution in [0, 0.1) is 5.92 Å². The molecule has 3 nitrogen and oxygen atoms in total. The first kappa shape index (κ1) is 17.4. The van der Waals surface area contributed by atoms with Crippen molar-refractivity contribution < 1.29 is 9.84 Å². The van der Waals surface area contributed by atoms with Crippen LogP contribution in [0.4, 0.5) is 0 Å². The third kappa shape index (κ3) is 2.81. The van der Waals surface area contributed by atoms with Gasteiger partial charge in [-0.2, -0.15) is 0 Å². The molecule has 1 aromatic rings. The van der Waals surface area contributed by atoms with Gasteiger partial charge in [-0.15, -0.1) is 23.2 Å². The van der Waals surface area contributed by atoms with Crippen molar-refractivity contribution in [3.63, 3.8) is 0 Å². The standard InChI is InChI=1S/C20H23Cl2NO2/c1-12-15-10-23-11-16(24)17(15)18(25-12)14-8-5-9-20(22,19(14)21)13-6-3-2-4-7-13/h5,8-13,18-19,24H,2-4,6-7H2,1H3. The minimum Gasteiger partial charge on any atom is -0.506 e. The van der Waals surface area contributed by atoms with Crippen LogP contribution in [0.25, 0.3) is 0 Å². The fourth-order valence-corrected chi connectivity index (χ4v) is 5.37. The van der Waals surface area contributed by atoms with Gasteiger partial charge in [-0.1, -0.05) is 37.5 Å². The first-order chi connectivity index (χ1) is 12.0. The van der Waals surface area contributed by atoms with Gasteiger partial charge in [0.25, 0.3) is 0 Å². The van der Waals surface area contributed by atoms with Crippen molar-refractivity contribution in [2.75, 3.05) is 0 Å². The van der Waals surface area contributed by atoms with Crippen LogP contribution in [0.2, 0.25) is 0 Å². The van der Waals surface area contributed by atoms with E-state index in [4.69, 9.17) is 27.9 Å². The second-order valence-corrected chi connectivity index (χ2v) is 8.46. The zero-order valence-corrected chi connectivity index (χ0v) is 15.8. The van der Waals surface area contributed by atoms with Gasteiger partial charge in [0.15, 0.2) is 0 Å². The van der Waals surface area contributed by atoms with Crippen LogP contribution < -0.4 is 0 Å². The predicted octanol–water partition coefficient (Wildman–Crippen LogP) is 5.58. The van der Waals surface area contributed by atoms with Gasteiger partial charge in [0.2, 0.25) is 0 Å².